The van der Waals surface area contributed by atoms with Gasteiger partial charge in [-0.15, -0.1) is 0 Å². The molecule has 80 valence electrons. The number of pyridine rings is 1. The van der Waals surface area contributed by atoms with Crippen LogP contribution in [0.3, 0.4) is 0 Å². The quantitative estimate of drug-likeness (QED) is 0.758. The van der Waals surface area contributed by atoms with E-state index in [2.05, 4.69) is 15.6 Å². The largest absolute Gasteiger partial charge is 0.316 e. The highest BCUT2D eigenvalue weighted by atomic mass is 16.2. The molecule has 4 heteroatoms. The van der Waals surface area contributed by atoms with E-state index in [9.17, 15) is 4.79 Å². The van der Waals surface area contributed by atoms with Crippen LogP contribution in [-0.2, 0) is 4.79 Å². The lowest BCUT2D eigenvalue weighted by atomic mass is 9.99. The van der Waals surface area contributed by atoms with E-state index in [0.29, 0.717) is 5.82 Å². The molecule has 2 heterocycles. The van der Waals surface area contributed by atoms with Gasteiger partial charge in [0.05, 0.1) is 5.92 Å². The van der Waals surface area contributed by atoms with Gasteiger partial charge in [-0.3, -0.25) is 4.79 Å². The van der Waals surface area contributed by atoms with Crippen molar-refractivity contribution in [1.82, 2.24) is 10.3 Å². The highest BCUT2D eigenvalue weighted by Crippen LogP contribution is 2.12. The van der Waals surface area contributed by atoms with Gasteiger partial charge in [-0.2, -0.15) is 0 Å². The molecule has 1 fully saturated rings. The number of nitrogens with one attached hydrogen (secondary N) is 2. The number of hydrogen-bond donors (Lipinski definition) is 2. The molecule has 0 aromatic carbocycles. The highest BCUT2D eigenvalue weighted by molar-refractivity contribution is 5.91. The topological polar surface area (TPSA) is 54.0 Å². The summed E-state index contributed by atoms with van der Waals surface area (Å²) in [4.78, 5) is 15.8. The van der Waals surface area contributed by atoms with Crippen LogP contribution in [-0.4, -0.2) is 24.0 Å². The van der Waals surface area contributed by atoms with Crippen molar-refractivity contribution in [3.8, 4) is 0 Å². The monoisotopic (exact) mass is 205 g/mol. The molecule has 4 nitrogen and oxygen atoms in total. The number of aromatic nitrogens is 1. The molecule has 1 saturated heterocycles. The number of anilines is 1. The van der Waals surface area contributed by atoms with Crippen molar-refractivity contribution in [2.75, 3.05) is 18.4 Å². The molecule has 1 atom stereocenters. The molecule has 0 spiro atoms. The van der Waals surface area contributed by atoms with Gasteiger partial charge in [0.25, 0.3) is 0 Å². The lowest BCUT2D eigenvalue weighted by Gasteiger charge is -2.21. The second kappa shape index (κ2) is 4.89. The molecule has 0 unspecified atom stereocenters. The van der Waals surface area contributed by atoms with Crippen LogP contribution in [0.5, 0.6) is 0 Å². The van der Waals surface area contributed by atoms with Crippen molar-refractivity contribution in [2.24, 2.45) is 5.92 Å². The number of nitrogens with zero attached hydrogens (tertiary/aromatic N) is 1. The average Bonchev–Trinajstić information content (AvgIpc) is 2.31. The van der Waals surface area contributed by atoms with Gasteiger partial charge in [-0.1, -0.05) is 6.07 Å². The minimum absolute atomic E-state index is 0.0703. The van der Waals surface area contributed by atoms with Crippen LogP contribution >= 0.6 is 0 Å². The average molecular weight is 205 g/mol. The fraction of sp³-hybridized carbons (Fsp3) is 0.455. The Balaban J connectivity index is 1.91. The van der Waals surface area contributed by atoms with E-state index in [0.717, 1.165) is 25.9 Å². The zero-order chi connectivity index (χ0) is 10.5. The lowest BCUT2D eigenvalue weighted by Crippen LogP contribution is -2.37. The summed E-state index contributed by atoms with van der Waals surface area (Å²) in [6.45, 7) is 1.80. The number of piperidine rings is 1. The van der Waals surface area contributed by atoms with Gasteiger partial charge in [-0.05, 0) is 31.5 Å². The molecule has 0 saturated carbocycles. The predicted octanol–water partition coefficient (Wildman–Crippen LogP) is 1.02. The van der Waals surface area contributed by atoms with Crippen LogP contribution < -0.4 is 10.6 Å². The first-order chi connectivity index (χ1) is 7.36. The van der Waals surface area contributed by atoms with Crippen LogP contribution in [0.25, 0.3) is 0 Å². The van der Waals surface area contributed by atoms with E-state index in [1.807, 2.05) is 12.1 Å². The van der Waals surface area contributed by atoms with Gasteiger partial charge in [-0.25, -0.2) is 4.98 Å². The van der Waals surface area contributed by atoms with Crippen LogP contribution in [0.2, 0.25) is 0 Å². The summed E-state index contributed by atoms with van der Waals surface area (Å²) in [5, 5.41) is 6.04. The van der Waals surface area contributed by atoms with E-state index in [1.54, 1.807) is 12.3 Å². The fourth-order valence-electron chi connectivity index (χ4n) is 1.74. The summed E-state index contributed by atoms with van der Waals surface area (Å²) >= 11 is 0. The number of hydrogen-bond acceptors (Lipinski definition) is 3. The molecule has 1 aliphatic rings. The van der Waals surface area contributed by atoms with Crippen molar-refractivity contribution >= 4 is 11.7 Å². The van der Waals surface area contributed by atoms with Crippen LogP contribution in [0.4, 0.5) is 5.82 Å². The third kappa shape index (κ3) is 2.76. The van der Waals surface area contributed by atoms with Crippen molar-refractivity contribution in [1.29, 1.82) is 0 Å². The number of rotatable bonds is 2. The number of amides is 1. The molecule has 1 amide bonds. The van der Waals surface area contributed by atoms with Crippen molar-refractivity contribution in [3.63, 3.8) is 0 Å². The Morgan fingerprint density at radius 3 is 3.13 bits per heavy atom. The maximum absolute atomic E-state index is 11.8. The molecule has 15 heavy (non-hydrogen) atoms. The predicted molar refractivity (Wildman–Crippen MR) is 58.5 cm³/mol. The molecule has 0 aliphatic carbocycles. The zero-order valence-electron chi connectivity index (χ0n) is 8.57. The van der Waals surface area contributed by atoms with Gasteiger partial charge < -0.3 is 10.6 Å². The Labute approximate surface area is 89.1 Å². The molecule has 1 aromatic heterocycles. The van der Waals surface area contributed by atoms with Gasteiger partial charge in [0.15, 0.2) is 0 Å². The van der Waals surface area contributed by atoms with Crippen LogP contribution in [0.15, 0.2) is 24.4 Å². The summed E-state index contributed by atoms with van der Waals surface area (Å²) < 4.78 is 0. The third-order valence-corrected chi connectivity index (χ3v) is 2.58. The van der Waals surface area contributed by atoms with Gasteiger partial charge in [0, 0.05) is 12.7 Å². The standard InChI is InChI=1S/C11H15N3O/c15-11(9-4-3-6-12-8-9)14-10-5-1-2-7-13-10/h1-2,5,7,9,12H,3-4,6,8H2,(H,13,14,15)/t9-/m1/s1. The molecular weight excluding hydrogens is 190 g/mol. The van der Waals surface area contributed by atoms with Crippen LogP contribution in [0.1, 0.15) is 12.8 Å². The van der Waals surface area contributed by atoms with Crippen molar-refractivity contribution in [2.45, 2.75) is 12.8 Å². The Hall–Kier alpha value is -1.42. The maximum Gasteiger partial charge on any atom is 0.229 e. The first-order valence-corrected chi connectivity index (χ1v) is 5.29. The SMILES string of the molecule is O=C(Nc1ccccn1)[C@@H]1CCCNC1. The Kier molecular flexibility index (Phi) is 3.29. The Bertz CT molecular complexity index is 320. The molecule has 1 aromatic rings. The summed E-state index contributed by atoms with van der Waals surface area (Å²) in [6, 6.07) is 5.49. The minimum atomic E-state index is 0.0703. The van der Waals surface area contributed by atoms with Gasteiger partial charge in [0.2, 0.25) is 5.91 Å². The van der Waals surface area contributed by atoms with E-state index in [1.165, 1.54) is 0 Å². The van der Waals surface area contributed by atoms with E-state index >= 15 is 0 Å². The van der Waals surface area contributed by atoms with Gasteiger partial charge in [0.1, 0.15) is 5.82 Å². The molecule has 2 N–H and O–H groups in total. The minimum Gasteiger partial charge on any atom is -0.316 e. The summed E-state index contributed by atoms with van der Waals surface area (Å²) in [5.74, 6) is 0.787. The Morgan fingerprint density at radius 1 is 1.53 bits per heavy atom. The van der Waals surface area contributed by atoms with E-state index in [-0.39, 0.29) is 11.8 Å². The Morgan fingerprint density at radius 2 is 2.47 bits per heavy atom. The normalized spacial score (nSPS) is 20.9. The molecule has 0 bridgehead atoms. The third-order valence-electron chi connectivity index (χ3n) is 2.58. The number of carbonyl (C=O) groups is 1. The molecular formula is C11H15N3O. The zero-order valence-corrected chi connectivity index (χ0v) is 8.57. The first kappa shape index (κ1) is 10.1. The lowest BCUT2D eigenvalue weighted by molar-refractivity contribution is -0.120. The van der Waals surface area contributed by atoms with Crippen molar-refractivity contribution in [3.05, 3.63) is 24.4 Å². The van der Waals surface area contributed by atoms with E-state index < -0.39 is 0 Å². The van der Waals surface area contributed by atoms with E-state index in [4.69, 9.17) is 0 Å². The van der Waals surface area contributed by atoms with Crippen molar-refractivity contribution < 1.29 is 4.79 Å². The summed E-state index contributed by atoms with van der Waals surface area (Å²) in [6.07, 6.45) is 3.71. The fourth-order valence-corrected chi connectivity index (χ4v) is 1.74. The molecule has 2 rings (SSSR count). The second-order valence-electron chi connectivity index (χ2n) is 3.75. The maximum atomic E-state index is 11.8. The summed E-state index contributed by atoms with van der Waals surface area (Å²) in [7, 11) is 0. The molecule has 0 radical (unpaired) electrons. The smallest absolute Gasteiger partial charge is 0.229 e. The first-order valence-electron chi connectivity index (χ1n) is 5.29. The number of carbonyl (C=O) groups excluding carboxylic acids is 1. The van der Waals surface area contributed by atoms with Gasteiger partial charge >= 0.3 is 0 Å². The second-order valence-corrected chi connectivity index (χ2v) is 3.75. The molecule has 1 aliphatic heterocycles. The highest BCUT2D eigenvalue weighted by Gasteiger charge is 2.20. The van der Waals surface area contributed by atoms with Crippen LogP contribution in [0, 0.1) is 5.92 Å². The summed E-state index contributed by atoms with van der Waals surface area (Å²) in [5.41, 5.74) is 0.